The summed E-state index contributed by atoms with van der Waals surface area (Å²) in [6.45, 7) is 2.78. The lowest BCUT2D eigenvalue weighted by molar-refractivity contribution is -0.385. The average Bonchev–Trinajstić information content (AvgIpc) is 2.45. The zero-order valence-corrected chi connectivity index (χ0v) is 12.7. The molecule has 0 aliphatic rings. The highest BCUT2D eigenvalue weighted by Crippen LogP contribution is 2.14. The standard InChI is InChI=1S/C12H12BrN5O3/c1-2-14-11-5-15-8(4-16-11)6-17-7-9(18(20)21)3-10(13)12(17)19/h3-5,7H,2,6H2,1H3,(H,14,16). The monoisotopic (exact) mass is 353 g/mol. The fraction of sp³-hybridized carbons (Fsp3) is 0.250. The van der Waals surface area contributed by atoms with E-state index >= 15 is 0 Å². The van der Waals surface area contributed by atoms with Crippen molar-refractivity contribution in [1.29, 1.82) is 0 Å². The SMILES string of the molecule is CCNc1cnc(Cn2cc([N+](=O)[O-])cc(Br)c2=O)cn1. The van der Waals surface area contributed by atoms with Crippen molar-refractivity contribution < 1.29 is 4.92 Å². The molecule has 1 N–H and O–H groups in total. The normalized spacial score (nSPS) is 10.4. The number of nitro groups is 1. The Bertz CT molecular complexity index is 714. The van der Waals surface area contributed by atoms with Gasteiger partial charge in [0.25, 0.3) is 11.2 Å². The van der Waals surface area contributed by atoms with Crippen molar-refractivity contribution in [3.05, 3.63) is 55.3 Å². The van der Waals surface area contributed by atoms with Gasteiger partial charge in [0, 0.05) is 12.6 Å². The summed E-state index contributed by atoms with van der Waals surface area (Å²) in [5.41, 5.74) is 0.00279. The van der Waals surface area contributed by atoms with E-state index in [2.05, 4.69) is 31.2 Å². The van der Waals surface area contributed by atoms with Gasteiger partial charge in [-0.25, -0.2) is 4.98 Å². The van der Waals surface area contributed by atoms with Crippen molar-refractivity contribution in [2.75, 3.05) is 11.9 Å². The van der Waals surface area contributed by atoms with Crippen LogP contribution in [0, 0.1) is 10.1 Å². The van der Waals surface area contributed by atoms with Crippen molar-refractivity contribution in [3.8, 4) is 0 Å². The number of aromatic nitrogens is 3. The number of hydrogen-bond acceptors (Lipinski definition) is 6. The molecule has 2 aromatic heterocycles. The van der Waals surface area contributed by atoms with Crippen molar-refractivity contribution in [2.24, 2.45) is 0 Å². The van der Waals surface area contributed by atoms with Gasteiger partial charge in [0.1, 0.15) is 5.82 Å². The molecule has 0 fully saturated rings. The van der Waals surface area contributed by atoms with Gasteiger partial charge in [-0.1, -0.05) is 0 Å². The summed E-state index contributed by atoms with van der Waals surface area (Å²) in [5.74, 6) is 0.633. The molecule has 0 aromatic carbocycles. The number of anilines is 1. The van der Waals surface area contributed by atoms with Crippen LogP contribution in [0.2, 0.25) is 0 Å². The molecule has 0 saturated carbocycles. The molecule has 0 unspecified atom stereocenters. The third-order valence-electron chi connectivity index (χ3n) is 2.63. The molecule has 0 spiro atoms. The van der Waals surface area contributed by atoms with Gasteiger partial charge in [0.05, 0.1) is 40.2 Å². The van der Waals surface area contributed by atoms with Gasteiger partial charge in [-0.05, 0) is 22.9 Å². The molecule has 0 amide bonds. The number of hydrogen-bond donors (Lipinski definition) is 1. The van der Waals surface area contributed by atoms with E-state index < -0.39 is 4.92 Å². The predicted octanol–water partition coefficient (Wildman–Crippen LogP) is 1.79. The van der Waals surface area contributed by atoms with Crippen molar-refractivity contribution >= 4 is 27.4 Å². The molecular formula is C12H12BrN5O3. The van der Waals surface area contributed by atoms with Crippen molar-refractivity contribution in [1.82, 2.24) is 14.5 Å². The van der Waals surface area contributed by atoms with Gasteiger partial charge in [0.2, 0.25) is 0 Å². The molecule has 2 aromatic rings. The summed E-state index contributed by atoms with van der Waals surface area (Å²) >= 11 is 3.03. The summed E-state index contributed by atoms with van der Waals surface area (Å²) in [5, 5.41) is 13.8. The van der Waals surface area contributed by atoms with E-state index in [9.17, 15) is 14.9 Å². The molecule has 0 radical (unpaired) electrons. The Morgan fingerprint density at radius 3 is 2.76 bits per heavy atom. The minimum absolute atomic E-state index is 0.110. The quantitative estimate of drug-likeness (QED) is 0.649. The maximum Gasteiger partial charge on any atom is 0.286 e. The molecule has 0 bridgehead atoms. The van der Waals surface area contributed by atoms with E-state index in [-0.39, 0.29) is 22.3 Å². The maximum absolute atomic E-state index is 12.0. The largest absolute Gasteiger partial charge is 0.369 e. The topological polar surface area (TPSA) is 103 Å². The fourth-order valence-corrected chi connectivity index (χ4v) is 2.15. The second kappa shape index (κ2) is 6.44. The highest BCUT2D eigenvalue weighted by atomic mass is 79.9. The maximum atomic E-state index is 12.0. The van der Waals surface area contributed by atoms with E-state index in [0.717, 1.165) is 6.54 Å². The van der Waals surface area contributed by atoms with Gasteiger partial charge in [-0.3, -0.25) is 19.9 Å². The molecule has 9 heteroatoms. The Kier molecular flexibility index (Phi) is 4.63. The smallest absolute Gasteiger partial charge is 0.286 e. The number of nitrogens with one attached hydrogen (secondary N) is 1. The zero-order valence-electron chi connectivity index (χ0n) is 11.1. The molecule has 21 heavy (non-hydrogen) atoms. The third-order valence-corrected chi connectivity index (χ3v) is 3.20. The lowest BCUT2D eigenvalue weighted by Gasteiger charge is -2.07. The summed E-state index contributed by atoms with van der Waals surface area (Å²) in [6.07, 6.45) is 4.26. The second-order valence-corrected chi connectivity index (χ2v) is 5.01. The average molecular weight is 354 g/mol. The lowest BCUT2D eigenvalue weighted by atomic mass is 10.3. The summed E-state index contributed by atoms with van der Waals surface area (Å²) in [4.78, 5) is 30.5. The lowest BCUT2D eigenvalue weighted by Crippen LogP contribution is -2.21. The number of nitrogens with zero attached hydrogens (tertiary/aromatic N) is 4. The van der Waals surface area contributed by atoms with Crippen LogP contribution in [0.5, 0.6) is 0 Å². The molecule has 2 heterocycles. The van der Waals surface area contributed by atoms with E-state index in [1.807, 2.05) is 6.92 Å². The molecular weight excluding hydrogens is 342 g/mol. The molecule has 110 valence electrons. The third kappa shape index (κ3) is 3.63. The minimum Gasteiger partial charge on any atom is -0.369 e. The molecule has 0 aliphatic carbocycles. The summed E-state index contributed by atoms with van der Waals surface area (Å²) in [7, 11) is 0. The first kappa shape index (κ1) is 15.1. The van der Waals surface area contributed by atoms with Crippen LogP contribution in [0.25, 0.3) is 0 Å². The van der Waals surface area contributed by atoms with E-state index in [4.69, 9.17) is 0 Å². The van der Waals surface area contributed by atoms with E-state index in [0.29, 0.717) is 11.5 Å². The predicted molar refractivity (Wildman–Crippen MR) is 80.4 cm³/mol. The van der Waals surface area contributed by atoms with Crippen molar-refractivity contribution in [3.63, 3.8) is 0 Å². The van der Waals surface area contributed by atoms with Gasteiger partial charge < -0.3 is 9.88 Å². The van der Waals surface area contributed by atoms with Crippen LogP contribution in [0.15, 0.2) is 33.9 Å². The molecule has 0 aliphatic heterocycles. The van der Waals surface area contributed by atoms with Crippen LogP contribution < -0.4 is 10.9 Å². The van der Waals surface area contributed by atoms with Crippen LogP contribution in [0.4, 0.5) is 11.5 Å². The number of halogens is 1. The Labute approximate surface area is 128 Å². The number of rotatable bonds is 5. The molecule has 2 rings (SSSR count). The number of pyridine rings is 1. The first-order valence-corrected chi connectivity index (χ1v) is 6.89. The zero-order chi connectivity index (χ0) is 15.4. The highest BCUT2D eigenvalue weighted by molar-refractivity contribution is 9.10. The first-order valence-electron chi connectivity index (χ1n) is 6.10. The van der Waals surface area contributed by atoms with E-state index in [1.54, 1.807) is 6.20 Å². The van der Waals surface area contributed by atoms with Gasteiger partial charge in [-0.2, -0.15) is 0 Å². The molecule has 0 saturated heterocycles. The minimum atomic E-state index is -0.555. The highest BCUT2D eigenvalue weighted by Gasteiger charge is 2.13. The summed E-state index contributed by atoms with van der Waals surface area (Å²) in [6, 6.07) is 1.18. The molecule has 0 atom stereocenters. The second-order valence-electron chi connectivity index (χ2n) is 4.16. The van der Waals surface area contributed by atoms with Crippen LogP contribution in [-0.2, 0) is 6.54 Å². The van der Waals surface area contributed by atoms with Gasteiger partial charge in [0.15, 0.2) is 0 Å². The van der Waals surface area contributed by atoms with Gasteiger partial charge >= 0.3 is 0 Å². The Balaban J connectivity index is 2.30. The Hall–Kier alpha value is -2.29. The fourth-order valence-electron chi connectivity index (χ4n) is 1.68. The first-order chi connectivity index (χ1) is 10.0. The van der Waals surface area contributed by atoms with Crippen LogP contribution in [0.3, 0.4) is 0 Å². The molecule has 8 nitrogen and oxygen atoms in total. The van der Waals surface area contributed by atoms with Crippen molar-refractivity contribution in [2.45, 2.75) is 13.5 Å². The van der Waals surface area contributed by atoms with Crippen LogP contribution in [0.1, 0.15) is 12.6 Å². The van der Waals surface area contributed by atoms with Crippen LogP contribution >= 0.6 is 15.9 Å². The van der Waals surface area contributed by atoms with E-state index in [1.165, 1.54) is 23.0 Å². The Morgan fingerprint density at radius 2 is 2.19 bits per heavy atom. The van der Waals surface area contributed by atoms with Gasteiger partial charge in [-0.15, -0.1) is 0 Å². The van der Waals surface area contributed by atoms with Crippen LogP contribution in [-0.4, -0.2) is 26.0 Å². The summed E-state index contributed by atoms with van der Waals surface area (Å²) < 4.78 is 1.35. The Morgan fingerprint density at radius 1 is 1.43 bits per heavy atom.